The van der Waals surface area contributed by atoms with Gasteiger partial charge in [-0.1, -0.05) is 37.3 Å². The van der Waals surface area contributed by atoms with Crippen molar-refractivity contribution in [3.63, 3.8) is 0 Å². The summed E-state index contributed by atoms with van der Waals surface area (Å²) in [5.41, 5.74) is 6.18. The second kappa shape index (κ2) is 6.25. The van der Waals surface area contributed by atoms with Crippen LogP contribution in [0.2, 0.25) is 0 Å². The third-order valence-electron chi connectivity index (χ3n) is 2.64. The van der Waals surface area contributed by atoms with Gasteiger partial charge in [0.05, 0.1) is 12.1 Å². The quantitative estimate of drug-likeness (QED) is 0.530. The lowest BCUT2D eigenvalue weighted by Crippen LogP contribution is -2.49. The molecule has 0 aliphatic heterocycles. The number of aliphatic hydroxyl groups is 1. The van der Waals surface area contributed by atoms with Crippen LogP contribution in [-0.4, -0.2) is 24.2 Å². The Morgan fingerprint density at radius 2 is 2.06 bits per heavy atom. The average Bonchev–Trinajstić information content (AvgIpc) is 2.37. The van der Waals surface area contributed by atoms with E-state index in [1.165, 1.54) is 0 Å². The maximum atomic E-state index is 9.54. The molecule has 0 heterocycles. The number of hydrogen-bond acceptors (Lipinski definition) is 2. The molecule has 1 unspecified atom stereocenters. The van der Waals surface area contributed by atoms with Gasteiger partial charge < -0.3 is 16.2 Å². The normalized spacial score (nSPS) is 15.4. The number of hydrogen-bond donors (Lipinski definition) is 3. The molecule has 0 aliphatic carbocycles. The smallest absolute Gasteiger partial charge is 0.189 e. The molecule has 0 amide bonds. The molecule has 0 saturated carbocycles. The Morgan fingerprint density at radius 1 is 1.41 bits per heavy atom. The van der Waals surface area contributed by atoms with Crippen molar-refractivity contribution in [2.75, 3.05) is 13.2 Å². The Bertz CT molecular complexity index is 364. The van der Waals surface area contributed by atoms with Crippen molar-refractivity contribution in [3.8, 4) is 0 Å². The van der Waals surface area contributed by atoms with Gasteiger partial charge in [-0.2, -0.15) is 0 Å². The third kappa shape index (κ3) is 3.75. The Balaban J connectivity index is 2.83. The van der Waals surface area contributed by atoms with Crippen LogP contribution < -0.4 is 11.1 Å². The predicted octanol–water partition coefficient (Wildman–Crippen LogP) is 1.21. The minimum absolute atomic E-state index is 0.0423. The van der Waals surface area contributed by atoms with Crippen LogP contribution in [-0.2, 0) is 5.54 Å². The number of rotatable bonds is 5. The molecule has 1 aromatic rings. The van der Waals surface area contributed by atoms with E-state index in [-0.39, 0.29) is 6.61 Å². The second-order valence-corrected chi connectivity index (χ2v) is 4.25. The van der Waals surface area contributed by atoms with Crippen LogP contribution in [0.15, 0.2) is 35.3 Å². The first kappa shape index (κ1) is 13.5. The number of aliphatic hydroxyl groups excluding tert-OH is 1. The van der Waals surface area contributed by atoms with E-state index in [2.05, 4.69) is 10.3 Å². The maximum Gasteiger partial charge on any atom is 0.189 e. The van der Waals surface area contributed by atoms with Crippen molar-refractivity contribution in [2.24, 2.45) is 10.7 Å². The van der Waals surface area contributed by atoms with Crippen LogP contribution >= 0.6 is 0 Å². The summed E-state index contributed by atoms with van der Waals surface area (Å²) in [6.07, 6.45) is 0.948. The molecule has 0 aromatic heterocycles. The van der Waals surface area contributed by atoms with Gasteiger partial charge in [0.25, 0.3) is 0 Å². The first-order chi connectivity index (χ1) is 8.12. The van der Waals surface area contributed by atoms with E-state index in [9.17, 15) is 5.11 Å². The van der Waals surface area contributed by atoms with Gasteiger partial charge in [-0.3, -0.25) is 4.99 Å². The van der Waals surface area contributed by atoms with Crippen molar-refractivity contribution in [3.05, 3.63) is 35.9 Å². The zero-order valence-electron chi connectivity index (χ0n) is 10.5. The van der Waals surface area contributed by atoms with Crippen LogP contribution in [0.4, 0.5) is 0 Å². The Morgan fingerprint density at radius 3 is 2.59 bits per heavy atom. The highest BCUT2D eigenvalue weighted by Gasteiger charge is 2.25. The lowest BCUT2D eigenvalue weighted by molar-refractivity contribution is 0.193. The lowest BCUT2D eigenvalue weighted by atomic mass is 9.93. The highest BCUT2D eigenvalue weighted by Crippen LogP contribution is 2.19. The predicted molar refractivity (Wildman–Crippen MR) is 70.8 cm³/mol. The van der Waals surface area contributed by atoms with Crippen molar-refractivity contribution in [2.45, 2.75) is 25.8 Å². The number of guanidine groups is 1. The molecule has 4 nitrogen and oxygen atoms in total. The number of aliphatic imine (C=N–C) groups is 1. The van der Waals surface area contributed by atoms with Crippen molar-refractivity contribution in [1.29, 1.82) is 0 Å². The van der Waals surface area contributed by atoms with Gasteiger partial charge >= 0.3 is 0 Å². The molecule has 1 atom stereocenters. The molecule has 0 bridgehead atoms. The lowest BCUT2D eigenvalue weighted by Gasteiger charge is -2.29. The summed E-state index contributed by atoms with van der Waals surface area (Å²) in [5, 5.41) is 12.6. The fraction of sp³-hybridized carbons (Fsp3) is 0.462. The molecule has 4 N–H and O–H groups in total. The number of nitrogens with zero attached hydrogens (tertiary/aromatic N) is 1. The molecule has 0 saturated heterocycles. The van der Waals surface area contributed by atoms with Gasteiger partial charge in [-0.25, -0.2) is 0 Å². The van der Waals surface area contributed by atoms with Gasteiger partial charge in [-0.15, -0.1) is 0 Å². The van der Waals surface area contributed by atoms with E-state index in [1.54, 1.807) is 0 Å². The van der Waals surface area contributed by atoms with Crippen molar-refractivity contribution in [1.82, 2.24) is 5.32 Å². The number of nitrogens with one attached hydrogen (secondary N) is 1. The van der Waals surface area contributed by atoms with Crippen LogP contribution in [0.5, 0.6) is 0 Å². The van der Waals surface area contributed by atoms with Gasteiger partial charge in [0.15, 0.2) is 5.96 Å². The summed E-state index contributed by atoms with van der Waals surface area (Å²) >= 11 is 0. The molecule has 4 heteroatoms. The minimum Gasteiger partial charge on any atom is -0.394 e. The molecule has 0 spiro atoms. The monoisotopic (exact) mass is 235 g/mol. The molecule has 0 radical (unpaired) electrons. The Hall–Kier alpha value is -1.55. The molecular weight excluding hydrogens is 214 g/mol. The molecule has 0 fully saturated rings. The molecule has 0 aliphatic rings. The van der Waals surface area contributed by atoms with E-state index in [0.29, 0.717) is 12.5 Å². The topological polar surface area (TPSA) is 70.6 Å². The average molecular weight is 235 g/mol. The second-order valence-electron chi connectivity index (χ2n) is 4.25. The highest BCUT2D eigenvalue weighted by molar-refractivity contribution is 5.78. The summed E-state index contributed by atoms with van der Waals surface area (Å²) in [6, 6.07) is 9.72. The van der Waals surface area contributed by atoms with Gasteiger partial charge in [0, 0.05) is 6.54 Å². The van der Waals surface area contributed by atoms with Crippen molar-refractivity contribution < 1.29 is 5.11 Å². The van der Waals surface area contributed by atoms with E-state index in [1.807, 2.05) is 44.2 Å². The summed E-state index contributed by atoms with van der Waals surface area (Å²) in [4.78, 5) is 4.17. The minimum atomic E-state index is -0.595. The first-order valence-electron chi connectivity index (χ1n) is 5.87. The van der Waals surface area contributed by atoms with Crippen LogP contribution in [0.1, 0.15) is 25.8 Å². The summed E-state index contributed by atoms with van der Waals surface area (Å²) in [6.45, 7) is 4.59. The van der Waals surface area contributed by atoms with Gasteiger partial charge in [0.2, 0.25) is 0 Å². The van der Waals surface area contributed by atoms with Crippen LogP contribution in [0.25, 0.3) is 0 Å². The Labute approximate surface area is 103 Å². The number of benzene rings is 1. The van der Waals surface area contributed by atoms with Gasteiger partial charge in [-0.05, 0) is 18.9 Å². The maximum absolute atomic E-state index is 9.54. The fourth-order valence-corrected chi connectivity index (χ4v) is 1.56. The summed E-state index contributed by atoms with van der Waals surface area (Å²) < 4.78 is 0. The zero-order chi connectivity index (χ0) is 12.7. The van der Waals surface area contributed by atoms with Crippen molar-refractivity contribution >= 4 is 5.96 Å². The summed E-state index contributed by atoms with van der Waals surface area (Å²) in [7, 11) is 0. The molecular formula is C13H21N3O. The molecule has 17 heavy (non-hydrogen) atoms. The summed E-state index contributed by atoms with van der Waals surface area (Å²) in [5.74, 6) is 0.368. The zero-order valence-corrected chi connectivity index (χ0v) is 10.5. The highest BCUT2D eigenvalue weighted by atomic mass is 16.3. The first-order valence-corrected chi connectivity index (χ1v) is 5.87. The fourth-order valence-electron chi connectivity index (χ4n) is 1.56. The molecule has 1 aromatic carbocycles. The van der Waals surface area contributed by atoms with E-state index >= 15 is 0 Å². The van der Waals surface area contributed by atoms with E-state index < -0.39 is 5.54 Å². The third-order valence-corrected chi connectivity index (χ3v) is 2.64. The number of nitrogens with two attached hydrogens (primary N) is 1. The van der Waals surface area contributed by atoms with E-state index in [4.69, 9.17) is 5.73 Å². The molecule has 1 rings (SSSR count). The van der Waals surface area contributed by atoms with Crippen LogP contribution in [0, 0.1) is 0 Å². The van der Waals surface area contributed by atoms with E-state index in [0.717, 1.165) is 12.0 Å². The standard InChI is InChI=1S/C13H21N3O/c1-3-9-15-12(14)16-13(2,10-17)11-7-5-4-6-8-11/h4-8,17H,3,9-10H2,1-2H3,(H3,14,15,16). The molecule has 94 valence electrons. The van der Waals surface area contributed by atoms with Crippen LogP contribution in [0.3, 0.4) is 0 Å². The van der Waals surface area contributed by atoms with Gasteiger partial charge in [0.1, 0.15) is 0 Å². The largest absolute Gasteiger partial charge is 0.394 e. The SMILES string of the molecule is CCCN=C(N)NC(C)(CO)c1ccccc1. The Kier molecular flexibility index (Phi) is 4.97.